The summed E-state index contributed by atoms with van der Waals surface area (Å²) in [6.45, 7) is 0.860. The molecule has 0 aromatic heterocycles. The lowest BCUT2D eigenvalue weighted by Gasteiger charge is -2.04. The van der Waals surface area contributed by atoms with Crippen LogP contribution in [-0.4, -0.2) is 23.8 Å². The summed E-state index contributed by atoms with van der Waals surface area (Å²) in [5, 5.41) is 13.7. The van der Waals surface area contributed by atoms with Crippen molar-refractivity contribution in [1.29, 1.82) is 0 Å². The maximum absolute atomic E-state index is 11.9. The van der Waals surface area contributed by atoms with Crippen LogP contribution in [-0.2, 0) is 6.42 Å². The molecule has 21 heavy (non-hydrogen) atoms. The predicted molar refractivity (Wildman–Crippen MR) is 80.4 cm³/mol. The van der Waals surface area contributed by atoms with Crippen LogP contribution in [0.25, 0.3) is 0 Å². The highest BCUT2D eigenvalue weighted by Gasteiger charge is 2.10. The number of carbonyl (C=O) groups is 1. The molecular weight excluding hydrogens is 268 g/mol. The van der Waals surface area contributed by atoms with Crippen molar-refractivity contribution in [1.82, 2.24) is 5.32 Å². The van der Waals surface area contributed by atoms with E-state index in [1.807, 2.05) is 30.3 Å². The smallest absolute Gasteiger partial charge is 0.270 e. The van der Waals surface area contributed by atoms with Gasteiger partial charge in [0.15, 0.2) is 5.78 Å². The predicted octanol–water partition coefficient (Wildman–Crippen LogP) is 2.61. The number of nitrogens with zero attached hydrogens (tertiary/aromatic N) is 1. The molecule has 0 unspecified atom stereocenters. The Morgan fingerprint density at radius 1 is 1.10 bits per heavy atom. The van der Waals surface area contributed by atoms with Crippen molar-refractivity contribution in [2.75, 3.05) is 13.1 Å². The zero-order valence-electron chi connectivity index (χ0n) is 11.5. The van der Waals surface area contributed by atoms with Crippen LogP contribution in [0.1, 0.15) is 15.9 Å². The zero-order valence-corrected chi connectivity index (χ0v) is 11.5. The van der Waals surface area contributed by atoms with Crippen molar-refractivity contribution in [3.05, 3.63) is 75.8 Å². The molecular formula is C16H16N2O3. The summed E-state index contributed by atoms with van der Waals surface area (Å²) in [4.78, 5) is 22.1. The van der Waals surface area contributed by atoms with Gasteiger partial charge in [-0.2, -0.15) is 0 Å². The molecule has 0 radical (unpaired) electrons. The number of carbonyl (C=O) groups excluding carboxylic acids is 1. The van der Waals surface area contributed by atoms with Crippen LogP contribution in [0.3, 0.4) is 0 Å². The average molecular weight is 284 g/mol. The average Bonchev–Trinajstić information content (AvgIpc) is 2.52. The SMILES string of the molecule is O=C(CNCCc1ccccc1)c1cccc([N+](=O)[O-])c1. The summed E-state index contributed by atoms with van der Waals surface area (Å²) >= 11 is 0. The van der Waals surface area contributed by atoms with Crippen LogP contribution in [0, 0.1) is 10.1 Å². The Balaban J connectivity index is 1.82. The van der Waals surface area contributed by atoms with Gasteiger partial charge in [0.25, 0.3) is 5.69 Å². The lowest BCUT2D eigenvalue weighted by atomic mass is 10.1. The van der Waals surface area contributed by atoms with Gasteiger partial charge in [-0.1, -0.05) is 42.5 Å². The number of rotatable bonds is 7. The third kappa shape index (κ3) is 4.50. The van der Waals surface area contributed by atoms with Gasteiger partial charge in [-0.25, -0.2) is 0 Å². The highest BCUT2D eigenvalue weighted by Crippen LogP contribution is 2.13. The second kappa shape index (κ2) is 7.31. The van der Waals surface area contributed by atoms with Crippen LogP contribution in [0.2, 0.25) is 0 Å². The van der Waals surface area contributed by atoms with Crippen LogP contribution in [0.5, 0.6) is 0 Å². The van der Waals surface area contributed by atoms with Crippen molar-refractivity contribution in [2.24, 2.45) is 0 Å². The van der Waals surface area contributed by atoms with E-state index in [4.69, 9.17) is 0 Å². The lowest BCUT2D eigenvalue weighted by molar-refractivity contribution is -0.384. The largest absolute Gasteiger partial charge is 0.309 e. The van der Waals surface area contributed by atoms with E-state index in [1.54, 1.807) is 6.07 Å². The number of nitrogens with one attached hydrogen (secondary N) is 1. The fourth-order valence-corrected chi connectivity index (χ4v) is 1.97. The highest BCUT2D eigenvalue weighted by atomic mass is 16.6. The van der Waals surface area contributed by atoms with Crippen molar-refractivity contribution in [3.63, 3.8) is 0 Å². The fourth-order valence-electron chi connectivity index (χ4n) is 1.97. The van der Waals surface area contributed by atoms with Gasteiger partial charge in [0.05, 0.1) is 11.5 Å². The summed E-state index contributed by atoms with van der Waals surface area (Å²) in [5.74, 6) is -0.147. The van der Waals surface area contributed by atoms with Crippen LogP contribution in [0.4, 0.5) is 5.69 Å². The molecule has 0 bridgehead atoms. The van der Waals surface area contributed by atoms with Crippen molar-refractivity contribution in [3.8, 4) is 0 Å². The molecule has 0 fully saturated rings. The number of ketones is 1. The highest BCUT2D eigenvalue weighted by molar-refractivity contribution is 5.98. The van der Waals surface area contributed by atoms with E-state index in [9.17, 15) is 14.9 Å². The van der Waals surface area contributed by atoms with Gasteiger partial charge in [-0.15, -0.1) is 0 Å². The van der Waals surface area contributed by atoms with Crippen LogP contribution < -0.4 is 5.32 Å². The number of Topliss-reactive ketones (excluding diaryl/α,β-unsaturated/α-hetero) is 1. The first kappa shape index (κ1) is 14.9. The van der Waals surface area contributed by atoms with Crippen molar-refractivity contribution < 1.29 is 9.72 Å². The molecule has 2 aromatic rings. The number of nitro benzene ring substituents is 1. The molecule has 2 aromatic carbocycles. The van der Waals surface area contributed by atoms with Crippen molar-refractivity contribution >= 4 is 11.5 Å². The Hall–Kier alpha value is -2.53. The zero-order chi connectivity index (χ0) is 15.1. The number of benzene rings is 2. The molecule has 0 heterocycles. The molecule has 0 aliphatic carbocycles. The molecule has 0 aliphatic heterocycles. The van der Waals surface area contributed by atoms with E-state index in [0.717, 1.165) is 6.42 Å². The third-order valence-corrected chi connectivity index (χ3v) is 3.10. The molecule has 5 heteroatoms. The van der Waals surface area contributed by atoms with Crippen LogP contribution >= 0.6 is 0 Å². The molecule has 0 atom stereocenters. The first-order chi connectivity index (χ1) is 10.2. The quantitative estimate of drug-likeness (QED) is 0.367. The fraction of sp³-hybridized carbons (Fsp3) is 0.188. The van der Waals surface area contributed by atoms with Gasteiger partial charge in [0, 0.05) is 17.7 Å². The molecule has 108 valence electrons. The van der Waals surface area contributed by atoms with E-state index < -0.39 is 4.92 Å². The number of hydrogen-bond acceptors (Lipinski definition) is 4. The first-order valence-corrected chi connectivity index (χ1v) is 6.69. The molecule has 0 amide bonds. The Bertz CT molecular complexity index is 626. The second-order valence-electron chi connectivity index (χ2n) is 4.64. The number of non-ortho nitro benzene ring substituents is 1. The molecule has 1 N–H and O–H groups in total. The van der Waals surface area contributed by atoms with Gasteiger partial charge in [0.2, 0.25) is 0 Å². The third-order valence-electron chi connectivity index (χ3n) is 3.10. The van der Waals surface area contributed by atoms with E-state index in [0.29, 0.717) is 12.1 Å². The molecule has 2 rings (SSSR count). The van der Waals surface area contributed by atoms with Gasteiger partial charge < -0.3 is 5.32 Å². The topological polar surface area (TPSA) is 72.2 Å². The second-order valence-corrected chi connectivity index (χ2v) is 4.64. The maximum Gasteiger partial charge on any atom is 0.270 e. The Morgan fingerprint density at radius 3 is 2.57 bits per heavy atom. The van der Waals surface area contributed by atoms with Gasteiger partial charge in [0.1, 0.15) is 0 Å². The molecule has 0 saturated carbocycles. The molecule has 0 saturated heterocycles. The maximum atomic E-state index is 11.9. The minimum atomic E-state index is -0.500. The Kier molecular flexibility index (Phi) is 5.17. The summed E-state index contributed by atoms with van der Waals surface area (Å²) in [7, 11) is 0. The van der Waals surface area contributed by atoms with Gasteiger partial charge in [-0.3, -0.25) is 14.9 Å². The molecule has 0 spiro atoms. The number of nitro groups is 1. The first-order valence-electron chi connectivity index (χ1n) is 6.69. The summed E-state index contributed by atoms with van der Waals surface area (Å²) in [5.41, 5.74) is 1.49. The normalized spacial score (nSPS) is 10.3. The van der Waals surface area contributed by atoms with Crippen LogP contribution in [0.15, 0.2) is 54.6 Å². The van der Waals surface area contributed by atoms with Gasteiger partial charge >= 0.3 is 0 Å². The van der Waals surface area contributed by atoms with E-state index in [-0.39, 0.29) is 18.0 Å². The lowest BCUT2D eigenvalue weighted by Crippen LogP contribution is -2.25. The standard InChI is InChI=1S/C16H16N2O3/c19-16(14-7-4-8-15(11-14)18(20)21)12-17-10-9-13-5-2-1-3-6-13/h1-8,11,17H,9-10,12H2. The Morgan fingerprint density at radius 2 is 1.86 bits per heavy atom. The van der Waals surface area contributed by atoms with Crippen molar-refractivity contribution in [2.45, 2.75) is 6.42 Å². The van der Waals surface area contributed by atoms with E-state index >= 15 is 0 Å². The van der Waals surface area contributed by atoms with E-state index in [2.05, 4.69) is 5.32 Å². The number of hydrogen-bond donors (Lipinski definition) is 1. The minimum Gasteiger partial charge on any atom is -0.309 e. The van der Waals surface area contributed by atoms with E-state index in [1.165, 1.54) is 23.8 Å². The minimum absolute atomic E-state index is 0.0647. The molecule has 5 nitrogen and oxygen atoms in total. The molecule has 0 aliphatic rings. The summed E-state index contributed by atoms with van der Waals surface area (Å²) in [6.07, 6.45) is 0.836. The summed E-state index contributed by atoms with van der Waals surface area (Å²) in [6, 6.07) is 15.8. The summed E-state index contributed by atoms with van der Waals surface area (Å²) < 4.78 is 0. The monoisotopic (exact) mass is 284 g/mol. The van der Waals surface area contributed by atoms with Gasteiger partial charge in [-0.05, 0) is 18.5 Å². The Labute approximate surface area is 122 Å².